The highest BCUT2D eigenvalue weighted by Crippen LogP contribution is 2.23. The fraction of sp³-hybridized carbons (Fsp3) is 0.455. The second kappa shape index (κ2) is 6.37. The van der Waals surface area contributed by atoms with Crippen LogP contribution in [0.15, 0.2) is 22.7 Å². The Bertz CT molecular complexity index is 470. The first-order valence-corrected chi connectivity index (χ1v) is 7.82. The van der Waals surface area contributed by atoms with Crippen molar-refractivity contribution in [3.63, 3.8) is 0 Å². The lowest BCUT2D eigenvalue weighted by Gasteiger charge is -2.10. The molecule has 0 spiro atoms. The second-order valence-corrected chi connectivity index (χ2v) is 6.88. The number of rotatable bonds is 6. The van der Waals surface area contributed by atoms with Crippen molar-refractivity contribution in [2.45, 2.75) is 13.5 Å². The maximum absolute atomic E-state index is 11.3. The number of hydrogen-bond acceptors (Lipinski definition) is 4. The Kier molecular flexibility index (Phi) is 5.42. The number of halogens is 1. The summed E-state index contributed by atoms with van der Waals surface area (Å²) in [6.45, 7) is 1.56. The summed E-state index contributed by atoms with van der Waals surface area (Å²) in [7, 11) is -3.01. The van der Waals surface area contributed by atoms with Crippen LogP contribution < -0.4 is 4.74 Å². The molecule has 0 aliphatic rings. The van der Waals surface area contributed by atoms with Crippen molar-refractivity contribution in [1.82, 2.24) is 0 Å². The summed E-state index contributed by atoms with van der Waals surface area (Å²) in [5.74, 6) is 0.621. The average Bonchev–Trinajstić information content (AvgIpc) is 2.30. The molecule has 1 rings (SSSR count). The Morgan fingerprint density at radius 3 is 2.71 bits per heavy atom. The van der Waals surface area contributed by atoms with Crippen molar-refractivity contribution in [1.29, 1.82) is 0 Å². The van der Waals surface area contributed by atoms with Crippen molar-refractivity contribution in [3.05, 3.63) is 28.2 Å². The third-order valence-corrected chi connectivity index (χ3v) is 4.45. The molecule has 1 N–H and O–H groups in total. The molecule has 17 heavy (non-hydrogen) atoms. The van der Waals surface area contributed by atoms with Crippen LogP contribution in [0.2, 0.25) is 0 Å². The highest BCUT2D eigenvalue weighted by molar-refractivity contribution is 9.10. The molecule has 6 heteroatoms. The third-order valence-electron chi connectivity index (χ3n) is 2.28. The van der Waals surface area contributed by atoms with Crippen LogP contribution in [0.1, 0.15) is 12.5 Å². The molecule has 0 saturated heterocycles. The van der Waals surface area contributed by atoms with Gasteiger partial charge >= 0.3 is 0 Å². The zero-order chi connectivity index (χ0) is 12.9. The first kappa shape index (κ1) is 14.5. The van der Waals surface area contributed by atoms with Gasteiger partial charge in [-0.1, -0.05) is 22.9 Å². The fourth-order valence-corrected chi connectivity index (χ4v) is 2.27. The van der Waals surface area contributed by atoms with Crippen LogP contribution in [0.3, 0.4) is 0 Å². The fourth-order valence-electron chi connectivity index (χ4n) is 1.24. The van der Waals surface area contributed by atoms with Crippen LogP contribution in [-0.2, 0) is 16.4 Å². The molecule has 1 aromatic carbocycles. The predicted molar refractivity (Wildman–Crippen MR) is 69.9 cm³/mol. The van der Waals surface area contributed by atoms with Gasteiger partial charge in [-0.05, 0) is 18.2 Å². The van der Waals surface area contributed by atoms with Gasteiger partial charge in [0.15, 0.2) is 9.84 Å². The van der Waals surface area contributed by atoms with Crippen LogP contribution in [-0.4, -0.2) is 31.6 Å². The van der Waals surface area contributed by atoms with Gasteiger partial charge in [0.25, 0.3) is 0 Å². The van der Waals surface area contributed by atoms with Crippen molar-refractivity contribution in [3.8, 4) is 5.75 Å². The molecule has 96 valence electrons. The smallest absolute Gasteiger partial charge is 0.153 e. The lowest BCUT2D eigenvalue weighted by atomic mass is 10.2. The van der Waals surface area contributed by atoms with Gasteiger partial charge in [0.05, 0.1) is 12.4 Å². The van der Waals surface area contributed by atoms with Crippen molar-refractivity contribution in [2.24, 2.45) is 0 Å². The Morgan fingerprint density at radius 1 is 1.41 bits per heavy atom. The third kappa shape index (κ3) is 4.65. The van der Waals surface area contributed by atoms with Gasteiger partial charge in [0, 0.05) is 15.8 Å². The van der Waals surface area contributed by atoms with E-state index in [1.807, 2.05) is 0 Å². The van der Waals surface area contributed by atoms with E-state index in [1.54, 1.807) is 25.1 Å². The normalized spacial score (nSPS) is 11.5. The summed E-state index contributed by atoms with van der Waals surface area (Å²) in [6, 6.07) is 5.22. The molecule has 0 amide bonds. The number of aliphatic hydroxyl groups is 1. The zero-order valence-corrected chi connectivity index (χ0v) is 11.9. The van der Waals surface area contributed by atoms with E-state index in [0.29, 0.717) is 11.3 Å². The Labute approximate surface area is 110 Å². The number of aliphatic hydroxyl groups excluding tert-OH is 1. The highest BCUT2D eigenvalue weighted by atomic mass is 79.9. The maximum atomic E-state index is 11.3. The van der Waals surface area contributed by atoms with Crippen molar-refractivity contribution >= 4 is 25.8 Å². The van der Waals surface area contributed by atoms with Gasteiger partial charge in [-0.15, -0.1) is 0 Å². The quantitative estimate of drug-likeness (QED) is 0.866. The van der Waals surface area contributed by atoms with E-state index in [4.69, 9.17) is 9.84 Å². The molecule has 1 aromatic rings. The van der Waals surface area contributed by atoms with E-state index in [-0.39, 0.29) is 24.7 Å². The minimum absolute atomic E-state index is 0.00949. The summed E-state index contributed by atoms with van der Waals surface area (Å²) in [5, 5.41) is 9.13. The van der Waals surface area contributed by atoms with Crippen LogP contribution in [0.5, 0.6) is 5.75 Å². The van der Waals surface area contributed by atoms with E-state index < -0.39 is 9.84 Å². The Balaban J connectivity index is 2.64. The summed E-state index contributed by atoms with van der Waals surface area (Å²) in [4.78, 5) is 0. The monoisotopic (exact) mass is 322 g/mol. The van der Waals surface area contributed by atoms with Gasteiger partial charge in [-0.2, -0.15) is 0 Å². The molecule has 0 atom stereocenters. The molecule has 0 aliphatic heterocycles. The zero-order valence-electron chi connectivity index (χ0n) is 9.52. The number of ether oxygens (including phenoxy) is 1. The maximum Gasteiger partial charge on any atom is 0.153 e. The van der Waals surface area contributed by atoms with E-state index in [2.05, 4.69) is 15.9 Å². The van der Waals surface area contributed by atoms with Gasteiger partial charge in [0.1, 0.15) is 12.4 Å². The largest absolute Gasteiger partial charge is 0.492 e. The van der Waals surface area contributed by atoms with Crippen LogP contribution >= 0.6 is 15.9 Å². The number of hydrogen-bond donors (Lipinski definition) is 1. The average molecular weight is 323 g/mol. The molecule has 0 saturated carbocycles. The minimum Gasteiger partial charge on any atom is -0.492 e. The molecule has 4 nitrogen and oxygen atoms in total. The lowest BCUT2D eigenvalue weighted by molar-refractivity contribution is 0.267. The highest BCUT2D eigenvalue weighted by Gasteiger charge is 2.09. The van der Waals surface area contributed by atoms with Crippen molar-refractivity contribution in [2.75, 3.05) is 18.1 Å². The molecule has 0 fully saturated rings. The Hall–Kier alpha value is -0.590. The van der Waals surface area contributed by atoms with Gasteiger partial charge in [0.2, 0.25) is 0 Å². The van der Waals surface area contributed by atoms with E-state index in [0.717, 1.165) is 4.47 Å². The number of sulfone groups is 1. The summed E-state index contributed by atoms with van der Waals surface area (Å²) in [5.41, 5.74) is 0.633. The molecule has 0 aromatic heterocycles. The molecule has 0 aliphatic carbocycles. The lowest BCUT2D eigenvalue weighted by Crippen LogP contribution is -2.16. The first-order valence-electron chi connectivity index (χ1n) is 5.21. The van der Waals surface area contributed by atoms with Gasteiger partial charge in [-0.3, -0.25) is 0 Å². The molecule has 0 unspecified atom stereocenters. The first-order chi connectivity index (χ1) is 7.98. The molecular weight excluding hydrogens is 308 g/mol. The van der Waals surface area contributed by atoms with Crippen LogP contribution in [0.25, 0.3) is 0 Å². The minimum atomic E-state index is -3.01. The second-order valence-electron chi connectivity index (χ2n) is 3.49. The van der Waals surface area contributed by atoms with Crippen LogP contribution in [0, 0.1) is 0 Å². The van der Waals surface area contributed by atoms with Gasteiger partial charge < -0.3 is 9.84 Å². The van der Waals surface area contributed by atoms with E-state index >= 15 is 0 Å². The van der Waals surface area contributed by atoms with Crippen LogP contribution in [0.4, 0.5) is 0 Å². The topological polar surface area (TPSA) is 63.6 Å². The number of benzene rings is 1. The molecule has 0 heterocycles. The predicted octanol–water partition coefficient (Wildman–Crippen LogP) is 1.75. The molecular formula is C11H15BrO4S. The van der Waals surface area contributed by atoms with E-state index in [9.17, 15) is 8.42 Å². The standard InChI is InChI=1S/C11H15BrO4S/c1-2-17(14,15)6-5-16-11-4-3-10(12)7-9(11)8-13/h3-4,7,13H,2,5-6,8H2,1H3. The van der Waals surface area contributed by atoms with E-state index in [1.165, 1.54) is 0 Å². The SMILES string of the molecule is CCS(=O)(=O)CCOc1ccc(Br)cc1CO. The summed E-state index contributed by atoms with van der Waals surface area (Å²) >= 11 is 3.29. The summed E-state index contributed by atoms with van der Waals surface area (Å²) < 4.78 is 28.7. The molecule has 0 radical (unpaired) electrons. The Morgan fingerprint density at radius 2 is 2.12 bits per heavy atom. The van der Waals surface area contributed by atoms with Gasteiger partial charge in [-0.25, -0.2) is 8.42 Å². The molecule has 0 bridgehead atoms. The van der Waals surface area contributed by atoms with Crippen molar-refractivity contribution < 1.29 is 18.3 Å². The summed E-state index contributed by atoms with van der Waals surface area (Å²) in [6.07, 6.45) is 0.